The fourth-order valence-electron chi connectivity index (χ4n) is 4.10. The average Bonchev–Trinajstić information content (AvgIpc) is 3.16. The molecular formula is C36H39FN2O14S2. The number of nitro benzene ring substituents is 2. The number of thiol groups is 1. The molecule has 19 heteroatoms. The number of ether oxygens (including phenoxy) is 8. The molecule has 0 aliphatic rings. The van der Waals surface area contributed by atoms with Crippen LogP contribution < -0.4 is 28.4 Å². The highest BCUT2D eigenvalue weighted by atomic mass is 32.2. The van der Waals surface area contributed by atoms with Crippen LogP contribution in [0.1, 0.15) is 13.8 Å². The van der Waals surface area contributed by atoms with E-state index in [-0.39, 0.29) is 30.4 Å². The van der Waals surface area contributed by atoms with E-state index in [4.69, 9.17) is 33.2 Å². The van der Waals surface area contributed by atoms with Gasteiger partial charge in [-0.15, -0.1) is 12.6 Å². The predicted octanol–water partition coefficient (Wildman–Crippen LogP) is 7.37. The first kappa shape index (κ1) is 45.2. The monoisotopic (exact) mass is 806 g/mol. The third-order valence-electron chi connectivity index (χ3n) is 6.51. The molecule has 296 valence electrons. The maximum atomic E-state index is 12.9. The lowest BCUT2D eigenvalue weighted by Gasteiger charge is -2.10. The van der Waals surface area contributed by atoms with E-state index in [0.29, 0.717) is 22.1 Å². The zero-order valence-corrected chi connectivity index (χ0v) is 32.3. The molecule has 0 N–H and O–H groups in total. The van der Waals surface area contributed by atoms with Gasteiger partial charge in [-0.05, 0) is 62.4 Å². The smallest absolute Gasteiger partial charge is 0.344 e. The second kappa shape index (κ2) is 23.7. The van der Waals surface area contributed by atoms with E-state index < -0.39 is 46.5 Å². The summed E-state index contributed by atoms with van der Waals surface area (Å²) in [5, 5.41) is 21.8. The van der Waals surface area contributed by atoms with Crippen LogP contribution in [0.4, 0.5) is 15.8 Å². The van der Waals surface area contributed by atoms with Crippen molar-refractivity contribution in [3.8, 4) is 34.5 Å². The topological polar surface area (TPSA) is 194 Å². The van der Waals surface area contributed by atoms with E-state index in [1.165, 1.54) is 23.9 Å². The summed E-state index contributed by atoms with van der Waals surface area (Å²) in [6.45, 7) is 2.76. The van der Waals surface area contributed by atoms with Crippen LogP contribution in [0.25, 0.3) is 0 Å². The van der Waals surface area contributed by atoms with E-state index in [1.807, 2.05) is 24.3 Å². The summed E-state index contributed by atoms with van der Waals surface area (Å²) >= 11 is 5.52. The third-order valence-corrected chi connectivity index (χ3v) is 7.76. The molecule has 0 atom stereocenters. The summed E-state index contributed by atoms with van der Waals surface area (Å²) in [6, 6.07) is 18.1. The van der Waals surface area contributed by atoms with Gasteiger partial charge in [-0.1, -0.05) is 11.8 Å². The van der Waals surface area contributed by atoms with Gasteiger partial charge in [-0.3, -0.25) is 20.2 Å². The molecule has 0 aromatic heterocycles. The number of nitrogens with zero attached hydrogens (tertiary/aromatic N) is 2. The minimum absolute atomic E-state index is 0.00136. The Morgan fingerprint density at radius 3 is 1.51 bits per heavy atom. The first-order valence-electron chi connectivity index (χ1n) is 15.9. The molecule has 0 spiro atoms. The van der Waals surface area contributed by atoms with E-state index in [2.05, 4.69) is 17.4 Å². The molecular weight excluding hydrogens is 768 g/mol. The average molecular weight is 807 g/mol. The van der Waals surface area contributed by atoms with Crippen LogP contribution in [0, 0.1) is 26.0 Å². The van der Waals surface area contributed by atoms with E-state index in [1.54, 1.807) is 60.5 Å². The zero-order chi connectivity index (χ0) is 40.9. The van der Waals surface area contributed by atoms with Crippen molar-refractivity contribution in [2.24, 2.45) is 0 Å². The van der Waals surface area contributed by atoms with Gasteiger partial charge in [-0.2, -0.15) is 0 Å². The molecule has 0 unspecified atom stereocenters. The number of halogens is 1. The number of nitro groups is 2. The first-order chi connectivity index (χ1) is 26.3. The van der Waals surface area contributed by atoms with Crippen molar-refractivity contribution in [2.45, 2.75) is 28.5 Å². The van der Waals surface area contributed by atoms with Crippen LogP contribution in [-0.2, 0) is 19.1 Å². The van der Waals surface area contributed by atoms with Gasteiger partial charge in [0, 0.05) is 39.0 Å². The Morgan fingerprint density at radius 2 is 1.04 bits per heavy atom. The Labute approximate surface area is 325 Å². The molecule has 4 rings (SSSR count). The van der Waals surface area contributed by atoms with Crippen LogP contribution in [0.15, 0.2) is 87.5 Å². The first-order valence-corrected chi connectivity index (χ1v) is 17.2. The van der Waals surface area contributed by atoms with Crippen LogP contribution in [0.3, 0.4) is 0 Å². The van der Waals surface area contributed by atoms with Crippen molar-refractivity contribution >= 4 is 47.7 Å². The maximum absolute atomic E-state index is 12.9. The van der Waals surface area contributed by atoms with Gasteiger partial charge >= 0.3 is 23.3 Å². The van der Waals surface area contributed by atoms with Crippen molar-refractivity contribution in [3.05, 3.63) is 98.8 Å². The molecule has 55 heavy (non-hydrogen) atoms. The summed E-state index contributed by atoms with van der Waals surface area (Å²) in [7, 11) is 6.30. The number of hydrogen-bond donors (Lipinski definition) is 1. The Hall–Kier alpha value is -5.95. The number of methoxy groups -OCH3 is 4. The molecule has 0 saturated heterocycles. The molecule has 0 heterocycles. The second-order valence-corrected chi connectivity index (χ2v) is 11.8. The van der Waals surface area contributed by atoms with Gasteiger partial charge in [0.25, 0.3) is 0 Å². The number of benzene rings is 4. The van der Waals surface area contributed by atoms with E-state index >= 15 is 0 Å². The summed E-state index contributed by atoms with van der Waals surface area (Å²) < 4.78 is 52.9. The summed E-state index contributed by atoms with van der Waals surface area (Å²) in [4.78, 5) is 45.3. The van der Waals surface area contributed by atoms with Crippen LogP contribution in [0.5, 0.6) is 34.5 Å². The summed E-state index contributed by atoms with van der Waals surface area (Å²) in [6.07, 6.45) is 0. The van der Waals surface area contributed by atoms with Crippen molar-refractivity contribution in [3.63, 3.8) is 0 Å². The van der Waals surface area contributed by atoms with Gasteiger partial charge < -0.3 is 37.9 Å². The SMILES string of the molecule is CCOC(=O)COc1cc(F)ccc1[N+](=O)[O-].CCOC(=O)COc1cc(Sc2ccc(OC)c(OC)c2)ccc1[N+](=O)[O-].COc1ccc(S)cc1OC. The number of hydrogen-bond acceptors (Lipinski definition) is 16. The molecule has 0 aliphatic carbocycles. The van der Waals surface area contributed by atoms with Gasteiger partial charge in [0.2, 0.25) is 5.75 Å². The van der Waals surface area contributed by atoms with Gasteiger partial charge in [0.05, 0.1) is 51.5 Å². The standard InChI is InChI=1S/C18H19NO7S.C10H10FNO5.C8H10O2S/c1-4-25-18(20)11-26-16-9-12(5-7-14(16)19(21)22)27-13-6-8-15(23-2)17(10-13)24-3;1-2-16-10(13)6-17-9-5-7(11)3-4-8(9)12(14)15;1-9-7-4-3-6(11)5-8(7)10-2/h5-10H,4,11H2,1-3H3;3-5H,2,6H2,1H3;3-5,11H,1-2H3. The molecule has 0 bridgehead atoms. The number of carbonyl (C=O) groups excluding carboxylic acids is 2. The minimum atomic E-state index is -0.722. The second-order valence-electron chi connectivity index (χ2n) is 10.1. The summed E-state index contributed by atoms with van der Waals surface area (Å²) in [5.41, 5.74) is -0.633. The number of rotatable bonds is 16. The van der Waals surface area contributed by atoms with Crippen molar-refractivity contribution in [1.82, 2.24) is 0 Å². The van der Waals surface area contributed by atoms with Gasteiger partial charge in [-0.25, -0.2) is 14.0 Å². The lowest BCUT2D eigenvalue weighted by Crippen LogP contribution is -2.15. The highest BCUT2D eigenvalue weighted by Gasteiger charge is 2.19. The van der Waals surface area contributed by atoms with Gasteiger partial charge in [0.15, 0.2) is 42.0 Å². The van der Waals surface area contributed by atoms with Crippen molar-refractivity contribution in [1.29, 1.82) is 0 Å². The van der Waals surface area contributed by atoms with Crippen molar-refractivity contribution in [2.75, 3.05) is 54.9 Å². The molecule has 0 fully saturated rings. The van der Waals surface area contributed by atoms with E-state index in [0.717, 1.165) is 33.7 Å². The van der Waals surface area contributed by atoms with Crippen LogP contribution >= 0.6 is 24.4 Å². The van der Waals surface area contributed by atoms with Crippen molar-refractivity contribution < 1.29 is 61.7 Å². The normalized spacial score (nSPS) is 9.89. The molecule has 0 saturated carbocycles. The lowest BCUT2D eigenvalue weighted by molar-refractivity contribution is -0.386. The minimum Gasteiger partial charge on any atom is -0.493 e. The fraction of sp³-hybridized carbons (Fsp3) is 0.278. The largest absolute Gasteiger partial charge is 0.493 e. The Bertz CT molecular complexity index is 1910. The quantitative estimate of drug-likeness (QED) is 0.0510. The number of carbonyl (C=O) groups is 2. The summed E-state index contributed by atoms with van der Waals surface area (Å²) in [5.74, 6) is 0.351. The Balaban J connectivity index is 0.000000317. The fourth-order valence-corrected chi connectivity index (χ4v) is 5.17. The van der Waals surface area contributed by atoms with Crippen LogP contribution in [-0.4, -0.2) is 76.7 Å². The highest BCUT2D eigenvalue weighted by Crippen LogP contribution is 2.38. The molecule has 16 nitrogen and oxygen atoms in total. The molecule has 0 radical (unpaired) electrons. The van der Waals surface area contributed by atoms with Gasteiger partial charge in [0.1, 0.15) is 5.82 Å². The maximum Gasteiger partial charge on any atom is 0.344 e. The van der Waals surface area contributed by atoms with Crippen LogP contribution in [0.2, 0.25) is 0 Å². The third kappa shape index (κ3) is 15.1. The molecule has 0 aliphatic heterocycles. The molecule has 4 aromatic carbocycles. The van der Waals surface area contributed by atoms with E-state index in [9.17, 15) is 34.2 Å². The molecule has 4 aromatic rings. The molecule has 0 amide bonds. The Kier molecular flexibility index (Phi) is 19.4. The Morgan fingerprint density at radius 1 is 0.618 bits per heavy atom. The number of esters is 2. The zero-order valence-electron chi connectivity index (χ0n) is 30.6. The predicted molar refractivity (Wildman–Crippen MR) is 201 cm³/mol. The lowest BCUT2D eigenvalue weighted by atomic mass is 10.3. The highest BCUT2D eigenvalue weighted by molar-refractivity contribution is 7.99.